The molecule has 1 aromatic heterocycles. The monoisotopic (exact) mass is 387 g/mol. The molecule has 2 saturated heterocycles. The molecular formula is C21H33N5O2. The lowest BCUT2D eigenvalue weighted by molar-refractivity contribution is -0.122. The van der Waals surface area contributed by atoms with Gasteiger partial charge in [0.05, 0.1) is 25.1 Å². The molecule has 1 aliphatic carbocycles. The Kier molecular flexibility index (Phi) is 6.62. The summed E-state index contributed by atoms with van der Waals surface area (Å²) in [5.74, 6) is 1.88. The minimum atomic E-state index is 0.213. The Morgan fingerprint density at radius 2 is 1.93 bits per heavy atom. The number of aromatic nitrogens is 2. The molecule has 3 fully saturated rings. The highest BCUT2D eigenvalue weighted by atomic mass is 16.5. The number of nitrogens with one attached hydrogen (secondary N) is 1. The van der Waals surface area contributed by atoms with Gasteiger partial charge in [-0.15, -0.1) is 5.10 Å². The van der Waals surface area contributed by atoms with E-state index in [1.165, 1.54) is 32.1 Å². The van der Waals surface area contributed by atoms with E-state index >= 15 is 0 Å². The van der Waals surface area contributed by atoms with E-state index in [-0.39, 0.29) is 11.9 Å². The fourth-order valence-electron chi connectivity index (χ4n) is 4.69. The molecule has 3 heterocycles. The largest absolute Gasteiger partial charge is 0.378 e. The summed E-state index contributed by atoms with van der Waals surface area (Å²) in [4.78, 5) is 16.9. The fraction of sp³-hybridized carbons (Fsp3) is 0.762. The Labute approximate surface area is 167 Å². The molecule has 154 valence electrons. The van der Waals surface area contributed by atoms with Gasteiger partial charge in [0.2, 0.25) is 5.91 Å². The summed E-state index contributed by atoms with van der Waals surface area (Å²) in [5, 5.41) is 11.8. The van der Waals surface area contributed by atoms with Crippen LogP contribution < -0.4 is 15.1 Å². The number of nitrogens with zero attached hydrogens (tertiary/aromatic N) is 4. The average Bonchev–Trinajstić information content (AvgIpc) is 3.22. The van der Waals surface area contributed by atoms with Crippen molar-refractivity contribution < 1.29 is 9.53 Å². The highest BCUT2D eigenvalue weighted by Crippen LogP contribution is 2.27. The van der Waals surface area contributed by atoms with E-state index in [0.29, 0.717) is 6.42 Å². The number of ether oxygens (including phenoxy) is 1. The standard InChI is InChI=1S/C21H33N5O2/c27-21(7-6-17-4-2-1-3-5-17)23-18-8-9-26(16-18)20-14-19(15-22-24-20)25-10-12-28-13-11-25/h14-15,17-18H,1-13,16H2,(H,23,27). The van der Waals surface area contributed by atoms with Gasteiger partial charge in [-0.1, -0.05) is 32.1 Å². The fourth-order valence-corrected chi connectivity index (χ4v) is 4.69. The summed E-state index contributed by atoms with van der Waals surface area (Å²) in [6.07, 6.45) is 11.2. The van der Waals surface area contributed by atoms with Crippen LogP contribution in [0.1, 0.15) is 51.4 Å². The predicted octanol–water partition coefficient (Wildman–Crippen LogP) is 2.37. The first kappa shape index (κ1) is 19.4. The van der Waals surface area contributed by atoms with E-state index in [0.717, 1.165) is 69.7 Å². The van der Waals surface area contributed by atoms with Crippen LogP contribution in [0.3, 0.4) is 0 Å². The van der Waals surface area contributed by atoms with Crippen molar-refractivity contribution in [1.82, 2.24) is 15.5 Å². The topological polar surface area (TPSA) is 70.6 Å². The van der Waals surface area contributed by atoms with Crippen molar-refractivity contribution in [2.24, 2.45) is 5.92 Å². The van der Waals surface area contributed by atoms with Gasteiger partial charge in [-0.3, -0.25) is 4.79 Å². The van der Waals surface area contributed by atoms with Crippen LogP contribution in [0.2, 0.25) is 0 Å². The van der Waals surface area contributed by atoms with Gasteiger partial charge in [-0.2, -0.15) is 5.10 Å². The highest BCUT2D eigenvalue weighted by molar-refractivity contribution is 5.76. The van der Waals surface area contributed by atoms with Crippen molar-refractivity contribution in [2.75, 3.05) is 49.2 Å². The zero-order chi connectivity index (χ0) is 19.2. The normalized spacial score (nSPS) is 23.8. The lowest BCUT2D eigenvalue weighted by Gasteiger charge is -2.29. The number of carbonyl (C=O) groups is 1. The van der Waals surface area contributed by atoms with Crippen LogP contribution in [0.25, 0.3) is 0 Å². The first-order valence-electron chi connectivity index (χ1n) is 11.0. The number of morpholine rings is 1. The molecule has 1 N–H and O–H groups in total. The molecule has 28 heavy (non-hydrogen) atoms. The molecule has 4 rings (SSSR count). The smallest absolute Gasteiger partial charge is 0.220 e. The molecule has 0 radical (unpaired) electrons. The van der Waals surface area contributed by atoms with Crippen LogP contribution in [0.5, 0.6) is 0 Å². The summed E-state index contributed by atoms with van der Waals surface area (Å²) in [5.41, 5.74) is 1.10. The number of carbonyl (C=O) groups excluding carboxylic acids is 1. The number of anilines is 2. The molecule has 2 aliphatic heterocycles. The summed E-state index contributed by atoms with van der Waals surface area (Å²) in [6.45, 7) is 5.04. The lowest BCUT2D eigenvalue weighted by atomic mass is 9.86. The van der Waals surface area contributed by atoms with Crippen LogP contribution in [0.4, 0.5) is 11.5 Å². The van der Waals surface area contributed by atoms with Gasteiger partial charge in [-0.25, -0.2) is 0 Å². The summed E-state index contributed by atoms with van der Waals surface area (Å²) >= 11 is 0. The van der Waals surface area contributed by atoms with Crippen molar-refractivity contribution in [3.05, 3.63) is 12.3 Å². The maximum Gasteiger partial charge on any atom is 0.220 e. The van der Waals surface area contributed by atoms with Gasteiger partial charge in [-0.05, 0) is 18.8 Å². The molecule has 0 bridgehead atoms. The minimum Gasteiger partial charge on any atom is -0.378 e. The van der Waals surface area contributed by atoms with Gasteiger partial charge in [0.1, 0.15) is 0 Å². The molecule has 0 spiro atoms. The van der Waals surface area contributed by atoms with E-state index in [1.54, 1.807) is 0 Å². The lowest BCUT2D eigenvalue weighted by Crippen LogP contribution is -2.38. The molecule has 0 aromatic carbocycles. The highest BCUT2D eigenvalue weighted by Gasteiger charge is 2.26. The molecule has 7 heteroatoms. The van der Waals surface area contributed by atoms with Crippen LogP contribution in [0, 0.1) is 5.92 Å². The summed E-state index contributed by atoms with van der Waals surface area (Å²) in [7, 11) is 0. The van der Waals surface area contributed by atoms with Crippen LogP contribution in [0.15, 0.2) is 12.3 Å². The van der Waals surface area contributed by atoms with E-state index in [1.807, 2.05) is 6.20 Å². The molecule has 1 atom stereocenters. The number of hydrogen-bond donors (Lipinski definition) is 1. The third-order valence-electron chi connectivity index (χ3n) is 6.39. The first-order valence-corrected chi connectivity index (χ1v) is 11.0. The van der Waals surface area contributed by atoms with Gasteiger partial charge in [0.15, 0.2) is 5.82 Å². The molecule has 1 amide bonds. The third kappa shape index (κ3) is 5.13. The predicted molar refractivity (Wildman–Crippen MR) is 110 cm³/mol. The minimum absolute atomic E-state index is 0.213. The summed E-state index contributed by atoms with van der Waals surface area (Å²) < 4.78 is 5.43. The van der Waals surface area contributed by atoms with Crippen LogP contribution in [-0.4, -0.2) is 61.5 Å². The zero-order valence-corrected chi connectivity index (χ0v) is 16.8. The van der Waals surface area contributed by atoms with Crippen molar-refractivity contribution in [3.63, 3.8) is 0 Å². The van der Waals surface area contributed by atoms with Crippen molar-refractivity contribution in [3.8, 4) is 0 Å². The van der Waals surface area contributed by atoms with E-state index in [9.17, 15) is 4.79 Å². The van der Waals surface area contributed by atoms with Crippen molar-refractivity contribution >= 4 is 17.4 Å². The second-order valence-corrected chi connectivity index (χ2v) is 8.41. The Balaban J connectivity index is 1.25. The van der Waals surface area contributed by atoms with Gasteiger partial charge in [0, 0.05) is 44.7 Å². The molecule has 3 aliphatic rings. The first-order chi connectivity index (χ1) is 13.8. The van der Waals surface area contributed by atoms with E-state index in [2.05, 4.69) is 31.4 Å². The van der Waals surface area contributed by atoms with E-state index in [4.69, 9.17) is 4.74 Å². The third-order valence-corrected chi connectivity index (χ3v) is 6.39. The number of hydrogen-bond acceptors (Lipinski definition) is 6. The molecule has 7 nitrogen and oxygen atoms in total. The molecule has 1 saturated carbocycles. The SMILES string of the molecule is O=C(CCC1CCCCC1)NC1CCN(c2cc(N3CCOCC3)cnn2)C1. The maximum absolute atomic E-state index is 12.4. The Morgan fingerprint density at radius 3 is 2.75 bits per heavy atom. The summed E-state index contributed by atoms with van der Waals surface area (Å²) in [6, 6.07) is 2.33. The Morgan fingerprint density at radius 1 is 1.11 bits per heavy atom. The molecule has 1 unspecified atom stereocenters. The van der Waals surface area contributed by atoms with E-state index < -0.39 is 0 Å². The van der Waals surface area contributed by atoms with Crippen LogP contribution in [-0.2, 0) is 9.53 Å². The van der Waals surface area contributed by atoms with Gasteiger partial charge < -0.3 is 19.9 Å². The quantitative estimate of drug-likeness (QED) is 0.808. The van der Waals surface area contributed by atoms with Crippen molar-refractivity contribution in [2.45, 2.75) is 57.4 Å². The van der Waals surface area contributed by atoms with Crippen molar-refractivity contribution in [1.29, 1.82) is 0 Å². The molecular weight excluding hydrogens is 354 g/mol. The second kappa shape index (κ2) is 9.54. The van der Waals surface area contributed by atoms with Gasteiger partial charge >= 0.3 is 0 Å². The van der Waals surface area contributed by atoms with Crippen LogP contribution >= 0.6 is 0 Å². The maximum atomic E-state index is 12.4. The zero-order valence-electron chi connectivity index (χ0n) is 16.8. The van der Waals surface area contributed by atoms with Gasteiger partial charge in [0.25, 0.3) is 0 Å². The average molecular weight is 388 g/mol. The second-order valence-electron chi connectivity index (χ2n) is 8.41. The Bertz CT molecular complexity index is 643. The number of rotatable bonds is 6. The Hall–Kier alpha value is -1.89. The number of amides is 1. The molecule has 1 aromatic rings.